The number of hydrogen-bond acceptors (Lipinski definition) is 3. The third kappa shape index (κ3) is 15.6. The Kier molecular flexibility index (Phi) is 18.7. The third-order valence-electron chi connectivity index (χ3n) is 4.30. The van der Waals surface area contributed by atoms with Gasteiger partial charge in [-0.15, -0.1) is 0 Å². The van der Waals surface area contributed by atoms with Crippen molar-refractivity contribution in [3.63, 3.8) is 0 Å². The molecule has 0 radical (unpaired) electrons. The average molecular weight is 643 g/mol. The molecule has 0 bridgehead atoms. The van der Waals surface area contributed by atoms with E-state index in [1.165, 1.54) is 36.0 Å². The average Bonchev–Trinajstić information content (AvgIpc) is 2.90. The predicted molar refractivity (Wildman–Crippen MR) is 152 cm³/mol. The van der Waals surface area contributed by atoms with Crippen LogP contribution in [0.25, 0.3) is 0 Å². The smallest absolute Gasteiger partial charge is 0.542 e. The maximum absolute atomic E-state index is 9.75. The van der Waals surface area contributed by atoms with Crippen LogP contribution in [0, 0.1) is 11.3 Å². The van der Waals surface area contributed by atoms with Crippen LogP contribution >= 0.6 is 7.92 Å². The Morgan fingerprint density at radius 1 is 0.769 bits per heavy atom. The summed E-state index contributed by atoms with van der Waals surface area (Å²) in [5, 5.41) is 11.3. The van der Waals surface area contributed by atoms with Gasteiger partial charge >= 0.3 is 27.7 Å². The van der Waals surface area contributed by atoms with E-state index in [1.807, 2.05) is 24.4 Å². The summed E-state index contributed by atoms with van der Waals surface area (Å²) >= 11 is 0. The molecule has 0 aliphatic carbocycles. The molecule has 4 aromatic carbocycles. The van der Waals surface area contributed by atoms with E-state index in [4.69, 9.17) is 15.0 Å². The molecule has 0 aromatic heterocycles. The van der Waals surface area contributed by atoms with E-state index in [-0.39, 0.29) is 20.4 Å². The molecule has 0 heterocycles. The van der Waals surface area contributed by atoms with Crippen molar-refractivity contribution in [1.82, 2.24) is 0 Å². The van der Waals surface area contributed by atoms with Crippen LogP contribution in [-0.4, -0.2) is 19.8 Å². The predicted octanol–water partition coefficient (Wildman–Crippen LogP) is 7.14. The van der Waals surface area contributed by atoms with Crippen molar-refractivity contribution in [3.05, 3.63) is 121 Å². The van der Waals surface area contributed by atoms with Gasteiger partial charge in [-0.2, -0.15) is 12.2 Å². The molecule has 0 atom stereocenters. The van der Waals surface area contributed by atoms with Crippen LogP contribution in [0.5, 0.6) is 0 Å². The number of halogens is 4. The van der Waals surface area contributed by atoms with Gasteiger partial charge in [0.2, 0.25) is 0 Å². The van der Waals surface area contributed by atoms with Gasteiger partial charge in [0.15, 0.2) is 0 Å². The summed E-state index contributed by atoms with van der Waals surface area (Å²) in [6, 6.07) is 42.0. The van der Waals surface area contributed by atoms with Gasteiger partial charge in [-0.1, -0.05) is 109 Å². The summed E-state index contributed by atoms with van der Waals surface area (Å²) in [7, 11) is -6.66. The summed E-state index contributed by atoms with van der Waals surface area (Å²) in [5.74, 6) is 0. The quantitative estimate of drug-likeness (QED) is 0.0765. The van der Waals surface area contributed by atoms with Gasteiger partial charge in [-0.3, -0.25) is 11.3 Å². The van der Waals surface area contributed by atoms with E-state index in [0.717, 1.165) is 11.3 Å². The van der Waals surface area contributed by atoms with Crippen LogP contribution in [0.15, 0.2) is 120 Å². The summed E-state index contributed by atoms with van der Waals surface area (Å²) in [5.41, 5.74) is 2.14. The molecule has 0 N–H and O–H groups in total. The molecule has 0 aliphatic rings. The molecule has 0 spiro atoms. The minimum Gasteiger partial charge on any atom is -0.542 e. The normalized spacial score (nSPS) is 9.79. The SMILES string of the molecule is C(=Nc1ccccc1P(c1ccccc1)c1ccccc1)c1ccccc1.CC#N.C[C-]=O.F[B-](F)(F)F.[Pd+2]. The largest absolute Gasteiger partial charge is 2.00 e. The molecule has 39 heavy (non-hydrogen) atoms. The van der Waals surface area contributed by atoms with Gasteiger partial charge in [0.25, 0.3) is 0 Å². The zero-order valence-corrected chi connectivity index (χ0v) is 23.7. The Balaban J connectivity index is 0.00000104. The van der Waals surface area contributed by atoms with Crippen molar-refractivity contribution >= 4 is 49.3 Å². The van der Waals surface area contributed by atoms with Crippen LogP contribution in [0.3, 0.4) is 0 Å². The van der Waals surface area contributed by atoms with Crippen molar-refractivity contribution in [2.75, 3.05) is 0 Å². The fourth-order valence-electron chi connectivity index (χ4n) is 3.03. The van der Waals surface area contributed by atoms with Gasteiger partial charge in [0.05, 0.1) is 11.8 Å². The number of carbonyl (C=O) groups excluding carboxylic acids is 1. The summed E-state index contributed by atoms with van der Waals surface area (Å²) < 4.78 is 39.0. The van der Waals surface area contributed by atoms with Crippen LogP contribution in [-0.2, 0) is 25.2 Å². The first kappa shape index (κ1) is 35.6. The van der Waals surface area contributed by atoms with Crippen LogP contribution in [0.1, 0.15) is 19.4 Å². The summed E-state index contributed by atoms with van der Waals surface area (Å²) in [6.45, 7) is 2.75. The first-order valence-electron chi connectivity index (χ1n) is 11.3. The van der Waals surface area contributed by atoms with E-state index >= 15 is 0 Å². The Labute approximate surface area is 242 Å². The molecule has 0 saturated carbocycles. The fourth-order valence-corrected chi connectivity index (χ4v) is 5.42. The minimum absolute atomic E-state index is 0. The maximum Gasteiger partial charge on any atom is 2.00 e. The van der Waals surface area contributed by atoms with Crippen molar-refractivity contribution < 1.29 is 42.5 Å². The van der Waals surface area contributed by atoms with Crippen LogP contribution < -0.4 is 15.9 Å². The Morgan fingerprint density at radius 2 is 1.10 bits per heavy atom. The topological polar surface area (TPSA) is 53.2 Å². The van der Waals surface area contributed by atoms with Gasteiger partial charge in [0, 0.05) is 18.4 Å². The van der Waals surface area contributed by atoms with Crippen molar-refractivity contribution in [3.8, 4) is 6.07 Å². The van der Waals surface area contributed by atoms with Gasteiger partial charge in [-0.25, -0.2) is 0 Å². The molecule has 0 unspecified atom stereocenters. The minimum atomic E-state index is -6.00. The molecular formula is C29H26BF4N2OPPd. The second kappa shape index (κ2) is 20.5. The molecule has 204 valence electrons. The molecule has 0 amide bonds. The molecule has 0 fully saturated rings. The molecule has 4 aromatic rings. The number of para-hydroxylation sites is 1. The number of hydrogen-bond donors (Lipinski definition) is 0. The first-order chi connectivity index (χ1) is 18.2. The molecule has 10 heteroatoms. The van der Waals surface area contributed by atoms with Gasteiger partial charge in [0.1, 0.15) is 0 Å². The summed E-state index contributed by atoms with van der Waals surface area (Å²) in [6.07, 6.45) is 3.45. The van der Waals surface area contributed by atoms with E-state index < -0.39 is 15.2 Å². The third-order valence-corrected chi connectivity index (χ3v) is 6.79. The van der Waals surface area contributed by atoms with Crippen LogP contribution in [0.4, 0.5) is 23.0 Å². The standard InChI is InChI=1S/C25H20NP.C2H3N.C2H3O.BF4.Pd/c1-4-12-21(13-5-1)20-26-24-18-10-11-19-25(24)27(22-14-6-2-7-15-22)23-16-8-3-9-17-23;2*1-2-3;2-1(3,4)5;/h1-20H;2*1H3;;/q;;2*-1;+2. The number of benzene rings is 4. The Bertz CT molecular complexity index is 1230. The summed E-state index contributed by atoms with van der Waals surface area (Å²) in [4.78, 5) is 13.5. The molecular weight excluding hydrogens is 617 g/mol. The zero-order chi connectivity index (χ0) is 28.2. The number of rotatable bonds is 5. The van der Waals surface area contributed by atoms with E-state index in [1.54, 1.807) is 6.07 Å². The zero-order valence-electron chi connectivity index (χ0n) is 21.2. The first-order valence-corrected chi connectivity index (χ1v) is 12.6. The molecule has 4 rings (SSSR count). The Morgan fingerprint density at radius 3 is 1.51 bits per heavy atom. The number of nitrogens with zero attached hydrogens (tertiary/aromatic N) is 2. The second-order valence-corrected chi connectivity index (χ2v) is 9.27. The van der Waals surface area contributed by atoms with Crippen molar-refractivity contribution in [2.45, 2.75) is 13.8 Å². The fraction of sp³-hybridized carbons (Fsp3) is 0.0690. The van der Waals surface area contributed by atoms with Crippen LogP contribution in [0.2, 0.25) is 0 Å². The van der Waals surface area contributed by atoms with E-state index in [2.05, 4.69) is 97.1 Å². The van der Waals surface area contributed by atoms with Gasteiger partial charge < -0.3 is 22.1 Å². The molecule has 3 nitrogen and oxygen atoms in total. The number of nitriles is 1. The van der Waals surface area contributed by atoms with Gasteiger partial charge in [-0.05, 0) is 30.2 Å². The maximum atomic E-state index is 9.75. The Hall–Kier alpha value is -3.41. The molecule has 0 aliphatic heterocycles. The van der Waals surface area contributed by atoms with E-state index in [9.17, 15) is 17.3 Å². The van der Waals surface area contributed by atoms with E-state index in [0.29, 0.717) is 0 Å². The molecule has 0 saturated heterocycles. The van der Waals surface area contributed by atoms with Crippen molar-refractivity contribution in [1.29, 1.82) is 5.26 Å². The number of aliphatic imine (C=N–C) groups is 1. The second-order valence-electron chi connectivity index (χ2n) is 7.09. The van der Waals surface area contributed by atoms with Crippen molar-refractivity contribution in [2.24, 2.45) is 4.99 Å². The monoisotopic (exact) mass is 642 g/mol.